The van der Waals surface area contributed by atoms with E-state index < -0.39 is 0 Å². The van der Waals surface area contributed by atoms with Crippen LogP contribution in [-0.4, -0.2) is 35.7 Å². The van der Waals surface area contributed by atoms with Crippen LogP contribution in [-0.2, 0) is 4.79 Å². The highest BCUT2D eigenvalue weighted by molar-refractivity contribution is 8.00. The summed E-state index contributed by atoms with van der Waals surface area (Å²) >= 11 is 1.30. The van der Waals surface area contributed by atoms with E-state index in [1.807, 2.05) is 6.07 Å². The third kappa shape index (κ3) is 3.56. The minimum Gasteiger partial charge on any atom is -0.396 e. The molecule has 78 valence electrons. The summed E-state index contributed by atoms with van der Waals surface area (Å²) in [4.78, 5) is 11.2. The maximum absolute atomic E-state index is 11.2. The Balaban J connectivity index is 2.07. The summed E-state index contributed by atoms with van der Waals surface area (Å²) in [6.45, 7) is 0.716. The molecule has 0 heterocycles. The number of nitrogens with one attached hydrogen (secondary N) is 1. The minimum atomic E-state index is -0.0509. The van der Waals surface area contributed by atoms with Gasteiger partial charge in [0.1, 0.15) is 0 Å². The van der Waals surface area contributed by atoms with Gasteiger partial charge in [0, 0.05) is 12.0 Å². The molecule has 0 aromatic rings. The van der Waals surface area contributed by atoms with Crippen molar-refractivity contribution in [2.75, 3.05) is 24.7 Å². The van der Waals surface area contributed by atoms with Crippen molar-refractivity contribution >= 4 is 17.7 Å². The van der Waals surface area contributed by atoms with Gasteiger partial charge in [-0.1, -0.05) is 0 Å². The molecule has 4 nitrogen and oxygen atoms in total. The van der Waals surface area contributed by atoms with Crippen molar-refractivity contribution in [3.05, 3.63) is 0 Å². The molecule has 0 unspecified atom stereocenters. The number of aliphatic hydroxyl groups excluding tert-OH is 1. The van der Waals surface area contributed by atoms with E-state index >= 15 is 0 Å². The molecule has 0 spiro atoms. The van der Waals surface area contributed by atoms with Gasteiger partial charge in [-0.2, -0.15) is 5.26 Å². The monoisotopic (exact) mass is 214 g/mol. The van der Waals surface area contributed by atoms with E-state index in [2.05, 4.69) is 5.32 Å². The zero-order valence-electron chi connectivity index (χ0n) is 7.95. The Labute approximate surface area is 87.7 Å². The van der Waals surface area contributed by atoms with E-state index in [0.717, 1.165) is 12.8 Å². The molecule has 1 rings (SSSR count). The molecule has 0 radical (unpaired) electrons. The zero-order chi connectivity index (χ0) is 10.4. The van der Waals surface area contributed by atoms with Crippen molar-refractivity contribution in [3.8, 4) is 6.07 Å². The summed E-state index contributed by atoms with van der Waals surface area (Å²) in [5.74, 6) is 0.623. The second-order valence-electron chi connectivity index (χ2n) is 3.59. The van der Waals surface area contributed by atoms with E-state index in [9.17, 15) is 4.79 Å². The second kappa shape index (κ2) is 5.23. The van der Waals surface area contributed by atoms with Crippen molar-refractivity contribution < 1.29 is 9.90 Å². The first kappa shape index (κ1) is 11.3. The summed E-state index contributed by atoms with van der Waals surface area (Å²) in [7, 11) is 0. The molecule has 1 amide bonds. The van der Waals surface area contributed by atoms with Gasteiger partial charge >= 0.3 is 0 Å². The number of hydrogen-bond acceptors (Lipinski definition) is 4. The van der Waals surface area contributed by atoms with Gasteiger partial charge in [0.15, 0.2) is 0 Å². The highest BCUT2D eigenvalue weighted by Gasteiger charge is 2.41. The smallest absolute Gasteiger partial charge is 0.230 e. The molecule has 14 heavy (non-hydrogen) atoms. The van der Waals surface area contributed by atoms with Crippen molar-refractivity contribution in [2.24, 2.45) is 5.41 Å². The lowest BCUT2D eigenvalue weighted by atomic mass is 10.1. The lowest BCUT2D eigenvalue weighted by Crippen LogP contribution is -2.33. The fraction of sp³-hybridized carbons (Fsp3) is 0.778. The van der Waals surface area contributed by atoms with Crippen LogP contribution in [0.5, 0.6) is 0 Å². The van der Waals surface area contributed by atoms with Crippen LogP contribution in [0.1, 0.15) is 12.8 Å². The normalized spacial score (nSPS) is 17.1. The number of carbonyl (C=O) groups is 1. The van der Waals surface area contributed by atoms with Gasteiger partial charge in [0.05, 0.1) is 24.2 Å². The SMILES string of the molecule is N#CCSCC(=O)NCC1(CO)CC1. The van der Waals surface area contributed by atoms with Crippen LogP contribution in [0.3, 0.4) is 0 Å². The molecular weight excluding hydrogens is 200 g/mol. The van der Waals surface area contributed by atoms with Crippen molar-refractivity contribution in [1.29, 1.82) is 5.26 Å². The third-order valence-electron chi connectivity index (χ3n) is 2.35. The summed E-state index contributed by atoms with van der Waals surface area (Å²) in [5, 5.41) is 20.0. The quantitative estimate of drug-likeness (QED) is 0.616. The Kier molecular flexibility index (Phi) is 4.23. The Bertz CT molecular complexity index is 246. The van der Waals surface area contributed by atoms with E-state index in [1.165, 1.54) is 11.8 Å². The number of rotatable bonds is 6. The first-order valence-corrected chi connectivity index (χ1v) is 5.70. The number of nitriles is 1. The van der Waals surface area contributed by atoms with Crippen LogP contribution in [0, 0.1) is 16.7 Å². The van der Waals surface area contributed by atoms with Crippen LogP contribution >= 0.6 is 11.8 Å². The van der Waals surface area contributed by atoms with Crippen molar-refractivity contribution in [3.63, 3.8) is 0 Å². The van der Waals surface area contributed by atoms with Gasteiger partial charge in [-0.05, 0) is 12.8 Å². The van der Waals surface area contributed by atoms with E-state index in [0.29, 0.717) is 18.1 Å². The fourth-order valence-electron chi connectivity index (χ4n) is 1.09. The van der Waals surface area contributed by atoms with Gasteiger partial charge in [0.2, 0.25) is 5.91 Å². The van der Waals surface area contributed by atoms with E-state index in [1.54, 1.807) is 0 Å². The number of carbonyl (C=O) groups excluding carboxylic acids is 1. The zero-order valence-corrected chi connectivity index (χ0v) is 8.77. The molecule has 2 N–H and O–H groups in total. The van der Waals surface area contributed by atoms with Crippen LogP contribution in [0.25, 0.3) is 0 Å². The summed E-state index contributed by atoms with van der Waals surface area (Å²) < 4.78 is 0. The van der Waals surface area contributed by atoms with Gasteiger partial charge in [-0.25, -0.2) is 0 Å². The molecule has 0 aromatic carbocycles. The highest BCUT2D eigenvalue weighted by atomic mass is 32.2. The fourth-order valence-corrected chi connectivity index (χ4v) is 1.57. The van der Waals surface area contributed by atoms with Crippen LogP contribution in [0.2, 0.25) is 0 Å². The average molecular weight is 214 g/mol. The molecule has 0 atom stereocenters. The number of amides is 1. The first-order chi connectivity index (χ1) is 6.72. The number of hydrogen-bond donors (Lipinski definition) is 2. The molecule has 1 aliphatic rings. The number of nitrogens with zero attached hydrogens (tertiary/aromatic N) is 1. The Morgan fingerprint density at radius 2 is 2.36 bits per heavy atom. The predicted octanol–water partition coefficient (Wildman–Crippen LogP) is 0.132. The Morgan fingerprint density at radius 1 is 1.64 bits per heavy atom. The maximum atomic E-state index is 11.2. The molecule has 5 heteroatoms. The predicted molar refractivity (Wildman–Crippen MR) is 54.7 cm³/mol. The molecule has 0 bridgehead atoms. The van der Waals surface area contributed by atoms with Gasteiger partial charge in [-0.15, -0.1) is 11.8 Å². The van der Waals surface area contributed by atoms with E-state index in [4.69, 9.17) is 10.4 Å². The number of aliphatic hydroxyl groups is 1. The van der Waals surface area contributed by atoms with Crippen LogP contribution in [0.4, 0.5) is 0 Å². The average Bonchev–Trinajstić information content (AvgIpc) is 2.96. The topological polar surface area (TPSA) is 73.1 Å². The molecule has 1 aliphatic carbocycles. The van der Waals surface area contributed by atoms with Crippen LogP contribution in [0.15, 0.2) is 0 Å². The Hall–Kier alpha value is -0.730. The first-order valence-electron chi connectivity index (χ1n) is 4.55. The Morgan fingerprint density at radius 3 is 2.86 bits per heavy atom. The standard InChI is InChI=1S/C9H14N2O2S/c10-3-4-14-5-8(13)11-6-9(7-12)1-2-9/h12H,1-2,4-7H2,(H,11,13). The van der Waals surface area contributed by atoms with Crippen molar-refractivity contribution in [2.45, 2.75) is 12.8 Å². The minimum absolute atomic E-state index is 0.0322. The molecule has 0 aromatic heterocycles. The highest BCUT2D eigenvalue weighted by Crippen LogP contribution is 2.44. The third-order valence-corrected chi connectivity index (χ3v) is 3.15. The van der Waals surface area contributed by atoms with E-state index in [-0.39, 0.29) is 17.9 Å². The summed E-state index contributed by atoms with van der Waals surface area (Å²) in [6, 6.07) is 1.96. The van der Waals surface area contributed by atoms with Gasteiger partial charge in [0.25, 0.3) is 0 Å². The van der Waals surface area contributed by atoms with Gasteiger partial charge in [-0.3, -0.25) is 4.79 Å². The molecule has 1 fully saturated rings. The van der Waals surface area contributed by atoms with Crippen molar-refractivity contribution in [1.82, 2.24) is 5.32 Å². The lowest BCUT2D eigenvalue weighted by molar-refractivity contribution is -0.118. The summed E-state index contributed by atoms with van der Waals surface area (Å²) in [5.41, 5.74) is -0.0322. The maximum Gasteiger partial charge on any atom is 0.230 e. The molecule has 0 aliphatic heterocycles. The second-order valence-corrected chi connectivity index (χ2v) is 4.57. The molecule has 1 saturated carbocycles. The lowest BCUT2D eigenvalue weighted by Gasteiger charge is -2.11. The molecule has 0 saturated heterocycles. The van der Waals surface area contributed by atoms with Crippen LogP contribution < -0.4 is 5.32 Å². The van der Waals surface area contributed by atoms with Gasteiger partial charge < -0.3 is 10.4 Å². The number of thioether (sulfide) groups is 1. The summed E-state index contributed by atoms with van der Waals surface area (Å²) in [6.07, 6.45) is 1.99. The largest absolute Gasteiger partial charge is 0.396 e. The molecular formula is C9H14N2O2S.